The molecule has 0 amide bonds. The summed E-state index contributed by atoms with van der Waals surface area (Å²) in [7, 11) is 0. The SMILES string of the molecule is C/C(=C\C(=O)O)c1ccc(Cl)c(-c2ccc3c(c2)OCO3)c1. The highest BCUT2D eigenvalue weighted by Gasteiger charge is 2.15. The highest BCUT2D eigenvalue weighted by molar-refractivity contribution is 6.33. The number of fused-ring (bicyclic) bond motifs is 1. The third-order valence-electron chi connectivity index (χ3n) is 3.45. The van der Waals surface area contributed by atoms with Crippen molar-refractivity contribution < 1.29 is 19.4 Å². The molecule has 2 aromatic carbocycles. The van der Waals surface area contributed by atoms with Gasteiger partial charge in [0.2, 0.25) is 6.79 Å². The first-order valence-electron chi connectivity index (χ1n) is 6.66. The summed E-state index contributed by atoms with van der Waals surface area (Å²) in [5.74, 6) is 0.409. The second-order valence-corrected chi connectivity index (χ2v) is 5.34. The lowest BCUT2D eigenvalue weighted by Gasteiger charge is -2.09. The number of ether oxygens (including phenoxy) is 2. The molecule has 0 saturated heterocycles. The molecule has 112 valence electrons. The van der Waals surface area contributed by atoms with Crippen LogP contribution >= 0.6 is 11.6 Å². The van der Waals surface area contributed by atoms with E-state index in [9.17, 15) is 4.79 Å². The Hall–Kier alpha value is -2.46. The van der Waals surface area contributed by atoms with Gasteiger partial charge in [-0.2, -0.15) is 0 Å². The predicted molar refractivity (Wildman–Crippen MR) is 84.3 cm³/mol. The van der Waals surface area contributed by atoms with Crippen LogP contribution in [0.2, 0.25) is 5.02 Å². The second-order valence-electron chi connectivity index (χ2n) is 4.93. The van der Waals surface area contributed by atoms with Crippen LogP contribution in [-0.2, 0) is 4.79 Å². The molecule has 0 saturated carbocycles. The van der Waals surface area contributed by atoms with E-state index in [1.54, 1.807) is 19.1 Å². The fourth-order valence-corrected chi connectivity index (χ4v) is 2.55. The summed E-state index contributed by atoms with van der Waals surface area (Å²) in [5, 5.41) is 9.45. The maximum Gasteiger partial charge on any atom is 0.328 e. The minimum atomic E-state index is -0.975. The zero-order valence-corrected chi connectivity index (χ0v) is 12.6. The van der Waals surface area contributed by atoms with Gasteiger partial charge in [0.1, 0.15) is 0 Å². The van der Waals surface area contributed by atoms with Crippen LogP contribution in [0.4, 0.5) is 0 Å². The normalized spacial score (nSPS) is 13.3. The maximum absolute atomic E-state index is 10.8. The molecule has 0 bridgehead atoms. The number of rotatable bonds is 3. The van der Waals surface area contributed by atoms with Crippen LogP contribution in [0.5, 0.6) is 11.5 Å². The quantitative estimate of drug-likeness (QED) is 0.861. The molecule has 22 heavy (non-hydrogen) atoms. The fourth-order valence-electron chi connectivity index (χ4n) is 2.32. The lowest BCUT2D eigenvalue weighted by molar-refractivity contribution is -0.131. The third-order valence-corrected chi connectivity index (χ3v) is 3.77. The third kappa shape index (κ3) is 2.78. The number of halogens is 1. The number of carboxylic acid groups (broad SMARTS) is 1. The van der Waals surface area contributed by atoms with E-state index in [4.69, 9.17) is 26.2 Å². The fraction of sp³-hybridized carbons (Fsp3) is 0.118. The van der Waals surface area contributed by atoms with Crippen LogP contribution < -0.4 is 9.47 Å². The van der Waals surface area contributed by atoms with Crippen LogP contribution in [-0.4, -0.2) is 17.9 Å². The second kappa shape index (κ2) is 5.73. The van der Waals surface area contributed by atoms with Gasteiger partial charge in [0.05, 0.1) is 0 Å². The van der Waals surface area contributed by atoms with Gasteiger partial charge in [-0.1, -0.05) is 23.7 Å². The van der Waals surface area contributed by atoms with Crippen molar-refractivity contribution >= 4 is 23.1 Å². The van der Waals surface area contributed by atoms with Crippen molar-refractivity contribution in [3.63, 3.8) is 0 Å². The van der Waals surface area contributed by atoms with Gasteiger partial charge in [0.15, 0.2) is 11.5 Å². The molecule has 1 heterocycles. The Bertz CT molecular complexity index is 780. The Labute approximate surface area is 132 Å². The Morgan fingerprint density at radius 1 is 1.18 bits per heavy atom. The van der Waals surface area contributed by atoms with Crippen molar-refractivity contribution in [2.45, 2.75) is 6.92 Å². The molecule has 1 N–H and O–H groups in total. The molecule has 0 unspecified atom stereocenters. The standard InChI is InChI=1S/C17H13ClO4/c1-10(6-17(19)20)11-2-4-14(18)13(7-11)12-3-5-15-16(8-12)22-9-21-15/h2-8H,9H2,1H3,(H,19,20)/b10-6+. The molecule has 0 spiro atoms. The molecular formula is C17H13ClO4. The van der Waals surface area contributed by atoms with Gasteiger partial charge >= 0.3 is 5.97 Å². The van der Waals surface area contributed by atoms with Crippen LogP contribution in [0.25, 0.3) is 16.7 Å². The number of benzene rings is 2. The summed E-state index contributed by atoms with van der Waals surface area (Å²) in [6, 6.07) is 11.0. The average Bonchev–Trinajstić information content (AvgIpc) is 2.94. The van der Waals surface area contributed by atoms with Crippen LogP contribution in [0, 0.1) is 0 Å². The number of hydrogen-bond acceptors (Lipinski definition) is 3. The molecule has 5 heteroatoms. The van der Waals surface area contributed by atoms with Gasteiger partial charge < -0.3 is 14.6 Å². The van der Waals surface area contributed by atoms with Crippen LogP contribution in [0.1, 0.15) is 12.5 Å². The lowest BCUT2D eigenvalue weighted by atomic mass is 9.99. The predicted octanol–water partition coefficient (Wildman–Crippen LogP) is 4.22. The summed E-state index contributed by atoms with van der Waals surface area (Å²) in [4.78, 5) is 10.8. The van der Waals surface area contributed by atoms with Gasteiger partial charge in [-0.3, -0.25) is 0 Å². The summed E-state index contributed by atoms with van der Waals surface area (Å²) in [6.45, 7) is 1.97. The number of carbonyl (C=O) groups is 1. The Morgan fingerprint density at radius 3 is 2.73 bits per heavy atom. The molecule has 1 aliphatic heterocycles. The molecule has 4 nitrogen and oxygen atoms in total. The number of allylic oxidation sites excluding steroid dienone is 1. The monoisotopic (exact) mass is 316 g/mol. The van der Waals surface area contributed by atoms with Crippen LogP contribution in [0.3, 0.4) is 0 Å². The van der Waals surface area contributed by atoms with E-state index in [0.29, 0.717) is 22.1 Å². The van der Waals surface area contributed by atoms with Gasteiger partial charge in [-0.05, 0) is 47.9 Å². The highest BCUT2D eigenvalue weighted by atomic mass is 35.5. The van der Waals surface area contributed by atoms with Gasteiger partial charge in [0, 0.05) is 16.7 Å². The molecule has 0 radical (unpaired) electrons. The topological polar surface area (TPSA) is 55.8 Å². The molecule has 2 aromatic rings. The molecular weight excluding hydrogens is 304 g/mol. The van der Waals surface area contributed by atoms with Crippen molar-refractivity contribution in [2.75, 3.05) is 6.79 Å². The number of carboxylic acids is 1. The van der Waals surface area contributed by atoms with E-state index >= 15 is 0 Å². The largest absolute Gasteiger partial charge is 0.478 e. The summed E-state index contributed by atoms with van der Waals surface area (Å²) in [6.07, 6.45) is 1.17. The van der Waals surface area contributed by atoms with E-state index in [2.05, 4.69) is 0 Å². The zero-order chi connectivity index (χ0) is 15.7. The number of hydrogen-bond donors (Lipinski definition) is 1. The van der Waals surface area contributed by atoms with Crippen molar-refractivity contribution in [3.05, 3.63) is 53.1 Å². The molecule has 1 aliphatic rings. The summed E-state index contributed by atoms with van der Waals surface area (Å²) >= 11 is 6.28. The molecule has 3 rings (SSSR count). The van der Waals surface area contributed by atoms with Crippen LogP contribution in [0.15, 0.2) is 42.5 Å². The summed E-state index contributed by atoms with van der Waals surface area (Å²) in [5.41, 5.74) is 3.17. The first kappa shape index (κ1) is 14.5. The smallest absolute Gasteiger partial charge is 0.328 e. The van der Waals surface area contributed by atoms with Crippen molar-refractivity contribution in [3.8, 4) is 22.6 Å². The Kier molecular flexibility index (Phi) is 3.77. The minimum Gasteiger partial charge on any atom is -0.478 e. The van der Waals surface area contributed by atoms with Crippen molar-refractivity contribution in [1.29, 1.82) is 0 Å². The van der Waals surface area contributed by atoms with Gasteiger partial charge in [0.25, 0.3) is 0 Å². The van der Waals surface area contributed by atoms with E-state index in [-0.39, 0.29) is 6.79 Å². The lowest BCUT2D eigenvalue weighted by Crippen LogP contribution is -1.92. The molecule has 0 aromatic heterocycles. The van der Waals surface area contributed by atoms with Crippen molar-refractivity contribution in [2.24, 2.45) is 0 Å². The van der Waals surface area contributed by atoms with E-state index in [1.165, 1.54) is 6.08 Å². The van der Waals surface area contributed by atoms with Crippen molar-refractivity contribution in [1.82, 2.24) is 0 Å². The average molecular weight is 317 g/mol. The maximum atomic E-state index is 10.8. The minimum absolute atomic E-state index is 0.215. The summed E-state index contributed by atoms with van der Waals surface area (Å²) < 4.78 is 10.7. The Balaban J connectivity index is 2.05. The zero-order valence-electron chi connectivity index (χ0n) is 11.8. The van der Waals surface area contributed by atoms with Gasteiger partial charge in [-0.15, -0.1) is 0 Å². The number of aliphatic carboxylic acids is 1. The molecule has 0 fully saturated rings. The van der Waals surface area contributed by atoms with E-state index in [0.717, 1.165) is 16.7 Å². The Morgan fingerprint density at radius 2 is 1.95 bits per heavy atom. The van der Waals surface area contributed by atoms with E-state index < -0.39 is 5.97 Å². The highest BCUT2D eigenvalue weighted by Crippen LogP contribution is 2.38. The first-order valence-corrected chi connectivity index (χ1v) is 7.03. The van der Waals surface area contributed by atoms with E-state index in [1.807, 2.05) is 24.3 Å². The first-order chi connectivity index (χ1) is 10.5. The molecule has 0 atom stereocenters. The van der Waals surface area contributed by atoms with Gasteiger partial charge in [-0.25, -0.2) is 4.79 Å². The molecule has 0 aliphatic carbocycles.